The van der Waals surface area contributed by atoms with Crippen molar-refractivity contribution in [2.75, 3.05) is 13.2 Å². The molecule has 0 bridgehead atoms. The minimum atomic E-state index is -0.683. The van der Waals surface area contributed by atoms with Gasteiger partial charge in [-0.05, 0) is 42.7 Å². The van der Waals surface area contributed by atoms with Crippen molar-refractivity contribution in [3.63, 3.8) is 0 Å². The van der Waals surface area contributed by atoms with E-state index in [9.17, 15) is 4.39 Å². The molecule has 3 nitrogen and oxygen atoms in total. The van der Waals surface area contributed by atoms with Crippen LogP contribution in [0.3, 0.4) is 0 Å². The van der Waals surface area contributed by atoms with Crippen LogP contribution in [-0.4, -0.2) is 13.2 Å². The first kappa shape index (κ1) is 13.9. The van der Waals surface area contributed by atoms with E-state index in [1.807, 2.05) is 31.2 Å². The maximum atomic E-state index is 13.8. The molecule has 0 saturated carbocycles. The minimum absolute atomic E-state index is 0.230. The van der Waals surface area contributed by atoms with Crippen LogP contribution in [0.1, 0.15) is 18.1 Å². The van der Waals surface area contributed by atoms with Gasteiger partial charge in [0.25, 0.3) is 0 Å². The summed E-state index contributed by atoms with van der Waals surface area (Å²) in [5.74, 6) is 1.20. The maximum Gasteiger partial charge on any atom is 0.161 e. The first-order valence-electron chi connectivity index (χ1n) is 6.99. The Morgan fingerprint density at radius 2 is 1.81 bits per heavy atom. The average Bonchev–Trinajstić information content (AvgIpc) is 2.49. The summed E-state index contributed by atoms with van der Waals surface area (Å²) in [6, 6.07) is 12.4. The second-order valence-electron chi connectivity index (χ2n) is 5.54. The topological polar surface area (TPSA) is 44.5 Å². The van der Waals surface area contributed by atoms with E-state index in [0.717, 1.165) is 11.3 Å². The molecule has 3 rings (SSSR count). The molecule has 1 heterocycles. The van der Waals surface area contributed by atoms with E-state index in [-0.39, 0.29) is 5.82 Å². The van der Waals surface area contributed by atoms with Crippen molar-refractivity contribution < 1.29 is 13.9 Å². The van der Waals surface area contributed by atoms with Gasteiger partial charge in [0.1, 0.15) is 19.0 Å². The molecule has 0 radical (unpaired) electrons. The predicted molar refractivity (Wildman–Crippen MR) is 79.1 cm³/mol. The van der Waals surface area contributed by atoms with Crippen LogP contribution < -0.4 is 15.2 Å². The molecule has 1 aliphatic rings. The van der Waals surface area contributed by atoms with Gasteiger partial charge in [0, 0.05) is 5.54 Å². The van der Waals surface area contributed by atoms with Gasteiger partial charge < -0.3 is 15.2 Å². The molecule has 2 aromatic rings. The molecule has 4 heteroatoms. The van der Waals surface area contributed by atoms with Crippen LogP contribution in [-0.2, 0) is 12.0 Å². The van der Waals surface area contributed by atoms with E-state index in [1.165, 1.54) is 6.07 Å². The Morgan fingerprint density at radius 1 is 1.10 bits per heavy atom. The van der Waals surface area contributed by atoms with Crippen LogP contribution >= 0.6 is 0 Å². The second kappa shape index (κ2) is 5.37. The summed E-state index contributed by atoms with van der Waals surface area (Å²) in [6.07, 6.45) is 0.416. The highest BCUT2D eigenvalue weighted by molar-refractivity contribution is 5.46. The Labute approximate surface area is 123 Å². The molecule has 0 amide bonds. The number of ether oxygens (including phenoxy) is 2. The smallest absolute Gasteiger partial charge is 0.161 e. The van der Waals surface area contributed by atoms with Crippen LogP contribution in [0.5, 0.6) is 11.5 Å². The number of rotatable bonds is 3. The maximum absolute atomic E-state index is 13.8. The average molecular weight is 287 g/mol. The second-order valence-corrected chi connectivity index (χ2v) is 5.54. The predicted octanol–water partition coefficient (Wildman–Crippen LogP) is 3.01. The molecule has 2 aromatic carbocycles. The van der Waals surface area contributed by atoms with Gasteiger partial charge in [-0.2, -0.15) is 0 Å². The number of hydrogen-bond acceptors (Lipinski definition) is 3. The molecule has 0 aliphatic carbocycles. The van der Waals surface area contributed by atoms with Gasteiger partial charge in [0.2, 0.25) is 0 Å². The summed E-state index contributed by atoms with van der Waals surface area (Å²) in [4.78, 5) is 0. The van der Waals surface area contributed by atoms with Crippen molar-refractivity contribution in [1.82, 2.24) is 0 Å². The molecule has 0 spiro atoms. The van der Waals surface area contributed by atoms with Gasteiger partial charge in [-0.1, -0.05) is 24.3 Å². The van der Waals surface area contributed by atoms with Crippen molar-refractivity contribution in [2.24, 2.45) is 5.73 Å². The Bertz CT molecular complexity index is 655. The third-order valence-corrected chi connectivity index (χ3v) is 3.72. The van der Waals surface area contributed by atoms with Gasteiger partial charge in [-0.3, -0.25) is 0 Å². The molecule has 110 valence electrons. The van der Waals surface area contributed by atoms with E-state index in [0.29, 0.717) is 30.9 Å². The number of halogens is 1. The fourth-order valence-electron chi connectivity index (χ4n) is 2.54. The van der Waals surface area contributed by atoms with Crippen LogP contribution in [0.25, 0.3) is 0 Å². The largest absolute Gasteiger partial charge is 0.486 e. The van der Waals surface area contributed by atoms with Crippen LogP contribution in [0.15, 0.2) is 42.5 Å². The van der Waals surface area contributed by atoms with Crippen LogP contribution in [0, 0.1) is 5.82 Å². The monoisotopic (exact) mass is 287 g/mol. The Balaban J connectivity index is 1.89. The third kappa shape index (κ3) is 2.85. The van der Waals surface area contributed by atoms with Crippen molar-refractivity contribution >= 4 is 0 Å². The number of fused-ring (bicyclic) bond motifs is 1. The zero-order valence-corrected chi connectivity index (χ0v) is 11.9. The highest BCUT2D eigenvalue weighted by Crippen LogP contribution is 2.34. The van der Waals surface area contributed by atoms with E-state index >= 15 is 0 Å². The normalized spacial score (nSPS) is 16.3. The van der Waals surface area contributed by atoms with Gasteiger partial charge in [-0.25, -0.2) is 4.39 Å². The van der Waals surface area contributed by atoms with Gasteiger partial charge in [0.05, 0.1) is 0 Å². The Kier molecular flexibility index (Phi) is 3.55. The zero-order valence-electron chi connectivity index (χ0n) is 11.9. The summed E-state index contributed by atoms with van der Waals surface area (Å²) in [5, 5.41) is 0. The first-order valence-corrected chi connectivity index (χ1v) is 6.99. The summed E-state index contributed by atoms with van der Waals surface area (Å²) in [6.45, 7) is 2.98. The molecule has 0 aromatic heterocycles. The molecule has 0 fully saturated rings. The van der Waals surface area contributed by atoms with Crippen LogP contribution in [0.4, 0.5) is 4.39 Å². The van der Waals surface area contributed by atoms with Gasteiger partial charge >= 0.3 is 0 Å². The highest BCUT2D eigenvalue weighted by atomic mass is 19.1. The van der Waals surface area contributed by atoms with Crippen LogP contribution in [0.2, 0.25) is 0 Å². The standard InChI is InChI=1S/C17H18FNO2/c1-17(19,11-12-4-2-3-5-14(12)18)13-6-7-15-16(10-13)21-9-8-20-15/h2-7,10H,8-9,11,19H2,1H3. The summed E-state index contributed by atoms with van der Waals surface area (Å²) >= 11 is 0. The van der Waals surface area contributed by atoms with E-state index < -0.39 is 5.54 Å². The minimum Gasteiger partial charge on any atom is -0.486 e. The molecule has 1 aliphatic heterocycles. The summed E-state index contributed by atoms with van der Waals surface area (Å²) < 4.78 is 24.9. The molecular formula is C17H18FNO2. The quantitative estimate of drug-likeness (QED) is 0.943. The van der Waals surface area contributed by atoms with Gasteiger partial charge in [0.15, 0.2) is 11.5 Å². The highest BCUT2D eigenvalue weighted by Gasteiger charge is 2.25. The fraction of sp³-hybridized carbons (Fsp3) is 0.294. The molecular weight excluding hydrogens is 269 g/mol. The number of nitrogens with two attached hydrogens (primary N) is 1. The Hall–Kier alpha value is -2.07. The SMILES string of the molecule is CC(N)(Cc1ccccc1F)c1ccc2c(c1)OCCO2. The van der Waals surface area contributed by atoms with Crippen molar-refractivity contribution in [3.8, 4) is 11.5 Å². The van der Waals surface area contributed by atoms with E-state index in [2.05, 4.69) is 0 Å². The van der Waals surface area contributed by atoms with E-state index in [1.54, 1.807) is 12.1 Å². The van der Waals surface area contributed by atoms with Crippen molar-refractivity contribution in [2.45, 2.75) is 18.9 Å². The first-order chi connectivity index (χ1) is 10.1. The lowest BCUT2D eigenvalue weighted by molar-refractivity contribution is 0.171. The van der Waals surface area contributed by atoms with E-state index in [4.69, 9.17) is 15.2 Å². The fourth-order valence-corrected chi connectivity index (χ4v) is 2.54. The van der Waals surface area contributed by atoms with Crippen molar-refractivity contribution in [3.05, 3.63) is 59.4 Å². The third-order valence-electron chi connectivity index (χ3n) is 3.72. The molecule has 1 unspecified atom stereocenters. The number of hydrogen-bond donors (Lipinski definition) is 1. The Morgan fingerprint density at radius 3 is 2.57 bits per heavy atom. The molecule has 2 N–H and O–H groups in total. The zero-order chi connectivity index (χ0) is 14.9. The van der Waals surface area contributed by atoms with Crippen molar-refractivity contribution in [1.29, 1.82) is 0 Å². The molecule has 1 atom stereocenters. The lowest BCUT2D eigenvalue weighted by Gasteiger charge is -2.27. The van der Waals surface area contributed by atoms with Gasteiger partial charge in [-0.15, -0.1) is 0 Å². The molecule has 21 heavy (non-hydrogen) atoms. The summed E-state index contributed by atoms with van der Waals surface area (Å²) in [5.41, 5.74) is 7.23. The lowest BCUT2D eigenvalue weighted by Crippen LogP contribution is -2.36. The number of benzene rings is 2. The lowest BCUT2D eigenvalue weighted by atomic mass is 9.86. The molecule has 0 saturated heterocycles. The summed E-state index contributed by atoms with van der Waals surface area (Å²) in [7, 11) is 0.